The highest BCUT2D eigenvalue weighted by molar-refractivity contribution is 8.03. The Bertz CT molecular complexity index is 4890. The summed E-state index contributed by atoms with van der Waals surface area (Å²) in [5, 5.41) is 1.18. The quantitative estimate of drug-likeness (QED) is 0.121. The third-order valence-electron chi connectivity index (χ3n) is 17.0. The van der Waals surface area contributed by atoms with E-state index in [1.54, 1.807) is 0 Å². The van der Waals surface area contributed by atoms with Crippen molar-refractivity contribution in [3.63, 3.8) is 0 Å². The molecule has 2 aliphatic heterocycles. The number of hydrogen-bond donors (Lipinski definition) is 0. The number of anilines is 6. The highest BCUT2D eigenvalue weighted by atomic mass is 32.2. The predicted molar refractivity (Wildman–Crippen MR) is 365 cm³/mol. The van der Waals surface area contributed by atoms with Crippen LogP contribution in [0.2, 0.25) is 0 Å². The van der Waals surface area contributed by atoms with Crippen LogP contribution in [0.3, 0.4) is 0 Å². The van der Waals surface area contributed by atoms with Crippen LogP contribution in [0.15, 0.2) is 354 Å². The zero-order valence-corrected chi connectivity index (χ0v) is 48.8. The standard InChI is InChI=1S/C44H31N2S.C38H26N2O/c1-3-11-31(12-4-1)33-18-24-36(25-19-33)46(37-26-20-34(21-27-37)32-13-5-2-6-14-32)38-28-22-35(23-29-38)42-40-16-9-10-30-45(40)43-39-15-7-8-17-41(39)47-44(42)43;1-4-12-28(13-5-1)37-33-26-29(22-25-34(33)40-35-18-10-11-19-36(35)41-38(37)40)27-20-23-32(24-21-27)39(30-14-6-2-7-15-30)31-16-8-3-9-17-31/h1-30,43H;1-26H/q+1;. The molecular formula is C82H57N4OS+. The first kappa shape index (κ1) is 52.4. The summed E-state index contributed by atoms with van der Waals surface area (Å²) < 4.78 is 11.1. The van der Waals surface area contributed by atoms with Gasteiger partial charge in [-0.15, -0.1) is 0 Å². The van der Waals surface area contributed by atoms with Crippen LogP contribution in [-0.2, 0) is 0 Å². The van der Waals surface area contributed by atoms with E-state index in [9.17, 15) is 0 Å². The normalized spacial score (nSPS) is 13.0. The van der Waals surface area contributed by atoms with Gasteiger partial charge < -0.3 is 14.2 Å². The fourth-order valence-corrected chi connectivity index (χ4v) is 14.2. The van der Waals surface area contributed by atoms with Gasteiger partial charge in [0.25, 0.3) is 0 Å². The molecule has 88 heavy (non-hydrogen) atoms. The molecule has 0 saturated heterocycles. The largest absolute Gasteiger partial charge is 0.438 e. The zero-order valence-electron chi connectivity index (χ0n) is 48.0. The molecule has 0 fully saturated rings. The number of pyridine rings is 1. The lowest BCUT2D eigenvalue weighted by atomic mass is 9.99. The van der Waals surface area contributed by atoms with Crippen molar-refractivity contribution >= 4 is 79.2 Å². The first-order chi connectivity index (χ1) is 43.7. The van der Waals surface area contributed by atoms with Crippen LogP contribution < -0.4 is 14.4 Å². The Hall–Kier alpha value is -11.2. The SMILES string of the molecule is c1ccc(-c2c3cc(-c4ccc(N(c5ccccc5)c5ccccc5)cc4)ccc3n3c2oc2ccccc23)cc1.c1ccc(-c2ccc(N(c3ccc(C4=C5Sc6ccccc6C5[n+]5ccccc54)cc3)c3ccc(-c4ccccc4)cc3)cc2)cc1. The van der Waals surface area contributed by atoms with Crippen molar-refractivity contribution in [1.82, 2.24) is 4.40 Å². The smallest absolute Gasteiger partial charge is 0.217 e. The fourth-order valence-electron chi connectivity index (χ4n) is 12.9. The highest BCUT2D eigenvalue weighted by Crippen LogP contribution is 2.54. The molecule has 0 saturated carbocycles. The zero-order chi connectivity index (χ0) is 58.3. The van der Waals surface area contributed by atoms with Crippen LogP contribution in [0, 0.1) is 0 Å². The van der Waals surface area contributed by atoms with Crippen molar-refractivity contribution in [2.24, 2.45) is 0 Å². The van der Waals surface area contributed by atoms with E-state index in [1.165, 1.54) is 71.0 Å². The monoisotopic (exact) mass is 1150 g/mol. The van der Waals surface area contributed by atoms with E-state index in [2.05, 4.69) is 346 Å². The van der Waals surface area contributed by atoms with E-state index >= 15 is 0 Å². The summed E-state index contributed by atoms with van der Waals surface area (Å²) in [5.41, 5.74) is 25.4. The van der Waals surface area contributed by atoms with Crippen LogP contribution in [0.5, 0.6) is 0 Å². The Morgan fingerprint density at radius 1 is 0.341 bits per heavy atom. The Kier molecular flexibility index (Phi) is 13.5. The molecule has 0 amide bonds. The molecule has 0 aliphatic carbocycles. The Balaban J connectivity index is 0.000000143. The summed E-state index contributed by atoms with van der Waals surface area (Å²) >= 11 is 1.92. The van der Waals surface area contributed by atoms with Gasteiger partial charge in [0.1, 0.15) is 0 Å². The van der Waals surface area contributed by atoms with Gasteiger partial charge in [-0.25, -0.2) is 0 Å². The molecule has 12 aromatic carbocycles. The van der Waals surface area contributed by atoms with Gasteiger partial charge in [0.05, 0.1) is 27.1 Å². The summed E-state index contributed by atoms with van der Waals surface area (Å²) in [6, 6.07) is 119. The summed E-state index contributed by atoms with van der Waals surface area (Å²) in [7, 11) is 0. The molecule has 5 heterocycles. The number of oxazole rings is 1. The lowest BCUT2D eigenvalue weighted by Crippen LogP contribution is -2.38. The van der Waals surface area contributed by atoms with Crippen molar-refractivity contribution in [1.29, 1.82) is 0 Å². The van der Waals surface area contributed by atoms with Gasteiger partial charge in [0, 0.05) is 62.1 Å². The van der Waals surface area contributed by atoms with Crippen molar-refractivity contribution < 1.29 is 8.98 Å². The Morgan fingerprint density at radius 3 is 1.32 bits per heavy atom. The van der Waals surface area contributed by atoms with Crippen LogP contribution >= 0.6 is 11.8 Å². The number of thioether (sulfide) groups is 1. The molecule has 6 heteroatoms. The molecule has 1 atom stereocenters. The molecule has 2 aliphatic rings. The number of benzene rings is 12. The average molecular weight is 1150 g/mol. The van der Waals surface area contributed by atoms with Crippen molar-refractivity contribution in [3.05, 3.63) is 362 Å². The maximum absolute atomic E-state index is 6.45. The van der Waals surface area contributed by atoms with Crippen LogP contribution in [0.25, 0.3) is 77.8 Å². The molecule has 1 unspecified atom stereocenters. The molecule has 0 N–H and O–H groups in total. The second kappa shape index (κ2) is 22.7. The first-order valence-corrected chi connectivity index (χ1v) is 30.7. The topological polar surface area (TPSA) is 27.9 Å². The molecule has 5 nitrogen and oxygen atoms in total. The maximum atomic E-state index is 6.45. The Labute approximate surface area is 516 Å². The molecule has 0 spiro atoms. The third kappa shape index (κ3) is 9.53. The number of hydrogen-bond acceptors (Lipinski definition) is 4. The number of rotatable bonds is 11. The lowest BCUT2D eigenvalue weighted by molar-refractivity contribution is -0.701. The minimum atomic E-state index is 0.241. The summed E-state index contributed by atoms with van der Waals surface area (Å²) in [4.78, 5) is 7.40. The number of nitrogens with zero attached hydrogens (tertiary/aromatic N) is 4. The van der Waals surface area contributed by atoms with Crippen molar-refractivity contribution in [2.75, 3.05) is 9.80 Å². The van der Waals surface area contributed by atoms with E-state index in [1.807, 2.05) is 23.9 Å². The van der Waals surface area contributed by atoms with Gasteiger partial charge in [-0.3, -0.25) is 4.40 Å². The first-order valence-electron chi connectivity index (χ1n) is 29.9. The highest BCUT2D eigenvalue weighted by Gasteiger charge is 2.46. The lowest BCUT2D eigenvalue weighted by Gasteiger charge is -2.26. The maximum Gasteiger partial charge on any atom is 0.217 e. The molecular weight excluding hydrogens is 1090 g/mol. The van der Waals surface area contributed by atoms with Gasteiger partial charge in [0.2, 0.25) is 17.4 Å². The summed E-state index contributed by atoms with van der Waals surface area (Å²) in [5.74, 6) is 0. The van der Waals surface area contributed by atoms with E-state index < -0.39 is 0 Å². The average Bonchev–Trinajstić information content (AvgIpc) is 1.65. The van der Waals surface area contributed by atoms with Crippen molar-refractivity contribution in [3.8, 4) is 44.5 Å². The van der Waals surface area contributed by atoms with Gasteiger partial charge in [-0.05, 0) is 154 Å². The molecule has 15 aromatic rings. The second-order valence-electron chi connectivity index (χ2n) is 22.2. The molecule has 3 aromatic heterocycles. The molecule has 0 radical (unpaired) electrons. The summed E-state index contributed by atoms with van der Waals surface area (Å²) in [6.07, 6.45) is 2.23. The van der Waals surface area contributed by atoms with Gasteiger partial charge in [-0.1, -0.05) is 224 Å². The van der Waals surface area contributed by atoms with E-state index in [-0.39, 0.29) is 6.04 Å². The molecule has 0 bridgehead atoms. The van der Waals surface area contributed by atoms with Gasteiger partial charge >= 0.3 is 0 Å². The van der Waals surface area contributed by atoms with E-state index in [0.717, 1.165) is 67.6 Å². The van der Waals surface area contributed by atoms with Crippen LogP contribution in [0.1, 0.15) is 22.9 Å². The minimum absolute atomic E-state index is 0.241. The van der Waals surface area contributed by atoms with Gasteiger partial charge in [-0.2, -0.15) is 4.57 Å². The number of allylic oxidation sites excluding steroid dienone is 1. The summed E-state index contributed by atoms with van der Waals surface area (Å²) in [6.45, 7) is 0. The number of fused-ring (bicyclic) bond motifs is 10. The second-order valence-corrected chi connectivity index (χ2v) is 23.3. The third-order valence-corrected chi connectivity index (χ3v) is 18.3. The van der Waals surface area contributed by atoms with Gasteiger partial charge in [0.15, 0.2) is 11.8 Å². The van der Waals surface area contributed by atoms with Crippen LogP contribution in [0.4, 0.5) is 34.1 Å². The molecule has 17 rings (SSSR count). The fraction of sp³-hybridized carbons (Fsp3) is 0.0122. The predicted octanol–water partition coefficient (Wildman–Crippen LogP) is 21.9. The number of para-hydroxylation sites is 4. The van der Waals surface area contributed by atoms with E-state index in [0.29, 0.717) is 0 Å². The van der Waals surface area contributed by atoms with Crippen LogP contribution in [-0.4, -0.2) is 4.40 Å². The number of aromatic nitrogens is 2. The van der Waals surface area contributed by atoms with Crippen molar-refractivity contribution in [2.45, 2.75) is 10.9 Å². The minimum Gasteiger partial charge on any atom is -0.438 e. The van der Waals surface area contributed by atoms with E-state index in [4.69, 9.17) is 4.42 Å². The molecule has 416 valence electrons. The Morgan fingerprint density at radius 2 is 0.761 bits per heavy atom.